The van der Waals surface area contributed by atoms with Gasteiger partial charge in [-0.15, -0.1) is 10.2 Å². The lowest BCUT2D eigenvalue weighted by atomic mass is 10.3. The number of carboxylic acids is 1. The van der Waals surface area contributed by atoms with Crippen molar-refractivity contribution in [1.82, 2.24) is 19.6 Å². The van der Waals surface area contributed by atoms with Gasteiger partial charge in [0.15, 0.2) is 5.65 Å². The predicted molar refractivity (Wildman–Crippen MR) is 68.3 cm³/mol. The summed E-state index contributed by atoms with van der Waals surface area (Å²) in [5, 5.41) is 18.2. The number of fused-ring (bicyclic) bond motifs is 1. The third-order valence-electron chi connectivity index (χ3n) is 2.46. The first-order chi connectivity index (χ1) is 9.24. The molecule has 1 N–H and O–H groups in total. The molecular formula is C12H8N4O2S. The molecule has 0 fully saturated rings. The predicted octanol–water partition coefficient (Wildman–Crippen LogP) is 1.97. The van der Waals surface area contributed by atoms with Gasteiger partial charge in [0.05, 0.1) is 5.56 Å². The van der Waals surface area contributed by atoms with Gasteiger partial charge in [-0.3, -0.25) is 4.40 Å². The van der Waals surface area contributed by atoms with E-state index < -0.39 is 5.97 Å². The molecule has 0 saturated carbocycles. The Labute approximate surface area is 112 Å². The van der Waals surface area contributed by atoms with Crippen molar-refractivity contribution in [3.05, 3.63) is 48.3 Å². The Bertz CT molecular complexity index is 756. The van der Waals surface area contributed by atoms with Crippen molar-refractivity contribution in [3.63, 3.8) is 0 Å². The molecule has 0 amide bonds. The van der Waals surface area contributed by atoms with Crippen LogP contribution < -0.4 is 0 Å². The van der Waals surface area contributed by atoms with Gasteiger partial charge in [-0.2, -0.15) is 0 Å². The Morgan fingerprint density at radius 3 is 3.00 bits per heavy atom. The maximum Gasteiger partial charge on any atom is 0.335 e. The average Bonchev–Trinajstić information content (AvgIpc) is 2.83. The zero-order valence-corrected chi connectivity index (χ0v) is 10.4. The van der Waals surface area contributed by atoms with E-state index in [-0.39, 0.29) is 5.56 Å². The molecule has 0 aliphatic carbocycles. The SMILES string of the molecule is O=C(O)c1ccnc(Sc2nnc3ccccn23)c1. The second kappa shape index (κ2) is 4.69. The Kier molecular flexibility index (Phi) is 2.88. The Balaban J connectivity index is 1.97. The maximum absolute atomic E-state index is 10.9. The molecule has 3 heterocycles. The highest BCUT2D eigenvalue weighted by Gasteiger charge is 2.09. The largest absolute Gasteiger partial charge is 0.478 e. The number of carbonyl (C=O) groups is 1. The first kappa shape index (κ1) is 11.7. The highest BCUT2D eigenvalue weighted by molar-refractivity contribution is 7.99. The minimum absolute atomic E-state index is 0.200. The van der Waals surface area contributed by atoms with Crippen molar-refractivity contribution in [3.8, 4) is 0 Å². The summed E-state index contributed by atoms with van der Waals surface area (Å²) < 4.78 is 1.82. The Hall–Kier alpha value is -2.41. The number of aromatic carboxylic acids is 1. The minimum Gasteiger partial charge on any atom is -0.478 e. The normalized spacial score (nSPS) is 10.7. The number of hydrogen-bond acceptors (Lipinski definition) is 5. The van der Waals surface area contributed by atoms with Crippen LogP contribution in [0.25, 0.3) is 5.65 Å². The van der Waals surface area contributed by atoms with Crippen molar-refractivity contribution in [2.24, 2.45) is 0 Å². The summed E-state index contributed by atoms with van der Waals surface area (Å²) in [6.45, 7) is 0. The van der Waals surface area contributed by atoms with E-state index in [0.717, 1.165) is 5.65 Å². The summed E-state index contributed by atoms with van der Waals surface area (Å²) in [5.74, 6) is -0.977. The Morgan fingerprint density at radius 2 is 2.16 bits per heavy atom. The molecule has 0 unspecified atom stereocenters. The molecule has 0 radical (unpaired) electrons. The van der Waals surface area contributed by atoms with Crippen LogP contribution in [-0.2, 0) is 0 Å². The van der Waals surface area contributed by atoms with Gasteiger partial charge in [0.2, 0.25) is 5.16 Å². The quantitative estimate of drug-likeness (QED) is 0.785. The Morgan fingerprint density at radius 1 is 1.26 bits per heavy atom. The molecule has 7 heteroatoms. The van der Waals surface area contributed by atoms with Crippen molar-refractivity contribution in [2.75, 3.05) is 0 Å². The average molecular weight is 272 g/mol. The van der Waals surface area contributed by atoms with E-state index in [1.165, 1.54) is 30.1 Å². The lowest BCUT2D eigenvalue weighted by Gasteiger charge is -2.00. The van der Waals surface area contributed by atoms with E-state index in [4.69, 9.17) is 5.11 Å². The number of carboxylic acid groups (broad SMARTS) is 1. The number of nitrogens with zero attached hydrogens (tertiary/aromatic N) is 4. The molecule has 19 heavy (non-hydrogen) atoms. The van der Waals surface area contributed by atoms with E-state index in [9.17, 15) is 4.79 Å². The maximum atomic E-state index is 10.9. The van der Waals surface area contributed by atoms with Crippen LogP contribution >= 0.6 is 11.8 Å². The number of rotatable bonds is 3. The van der Waals surface area contributed by atoms with E-state index in [1.54, 1.807) is 0 Å². The molecule has 3 rings (SSSR count). The van der Waals surface area contributed by atoms with E-state index in [0.29, 0.717) is 10.2 Å². The molecule has 0 aliphatic rings. The van der Waals surface area contributed by atoms with Crippen LogP contribution in [0, 0.1) is 0 Å². The second-order valence-corrected chi connectivity index (χ2v) is 4.69. The van der Waals surface area contributed by atoms with Gasteiger partial charge < -0.3 is 5.11 Å². The molecule has 0 bridgehead atoms. The van der Waals surface area contributed by atoms with Gasteiger partial charge in [-0.1, -0.05) is 6.07 Å². The smallest absolute Gasteiger partial charge is 0.335 e. The molecule has 6 nitrogen and oxygen atoms in total. The molecule has 0 atom stereocenters. The number of hydrogen-bond donors (Lipinski definition) is 1. The van der Waals surface area contributed by atoms with Gasteiger partial charge in [-0.25, -0.2) is 9.78 Å². The third kappa shape index (κ3) is 2.27. The molecule has 0 spiro atoms. The van der Waals surface area contributed by atoms with Gasteiger partial charge in [0.25, 0.3) is 0 Å². The van der Waals surface area contributed by atoms with Crippen molar-refractivity contribution >= 4 is 23.4 Å². The second-order valence-electron chi connectivity index (χ2n) is 3.70. The van der Waals surface area contributed by atoms with E-state index in [1.807, 2.05) is 28.8 Å². The molecule has 3 aromatic heterocycles. The lowest BCUT2D eigenvalue weighted by Crippen LogP contribution is -1.97. The molecule has 0 saturated heterocycles. The topological polar surface area (TPSA) is 80.4 Å². The van der Waals surface area contributed by atoms with Gasteiger partial charge in [0.1, 0.15) is 5.03 Å². The monoisotopic (exact) mass is 272 g/mol. The van der Waals surface area contributed by atoms with Crippen molar-refractivity contribution in [1.29, 1.82) is 0 Å². The summed E-state index contributed by atoms with van der Waals surface area (Å²) in [6.07, 6.45) is 3.31. The van der Waals surface area contributed by atoms with Gasteiger partial charge in [0, 0.05) is 12.4 Å². The van der Waals surface area contributed by atoms with Crippen molar-refractivity contribution in [2.45, 2.75) is 10.2 Å². The van der Waals surface area contributed by atoms with Crippen LogP contribution in [0.3, 0.4) is 0 Å². The minimum atomic E-state index is -0.977. The molecule has 0 aromatic carbocycles. The van der Waals surface area contributed by atoms with Crippen LogP contribution in [0.2, 0.25) is 0 Å². The summed E-state index contributed by atoms with van der Waals surface area (Å²) in [4.78, 5) is 15.0. The third-order valence-corrected chi connectivity index (χ3v) is 3.35. The van der Waals surface area contributed by atoms with Crippen LogP contribution in [0.5, 0.6) is 0 Å². The van der Waals surface area contributed by atoms with Crippen LogP contribution in [0.15, 0.2) is 52.9 Å². The summed E-state index contributed by atoms with van der Waals surface area (Å²) in [7, 11) is 0. The lowest BCUT2D eigenvalue weighted by molar-refractivity contribution is 0.0696. The first-order valence-corrected chi connectivity index (χ1v) is 6.22. The number of aromatic nitrogens is 4. The molecule has 94 valence electrons. The highest BCUT2D eigenvalue weighted by atomic mass is 32.2. The zero-order valence-electron chi connectivity index (χ0n) is 9.59. The fourth-order valence-electron chi connectivity index (χ4n) is 1.58. The molecule has 3 aromatic rings. The summed E-state index contributed by atoms with van der Waals surface area (Å²) in [6, 6.07) is 8.56. The van der Waals surface area contributed by atoms with Crippen LogP contribution in [-0.4, -0.2) is 30.7 Å². The first-order valence-electron chi connectivity index (χ1n) is 5.41. The van der Waals surface area contributed by atoms with E-state index >= 15 is 0 Å². The number of pyridine rings is 2. The van der Waals surface area contributed by atoms with Gasteiger partial charge >= 0.3 is 5.97 Å². The fraction of sp³-hybridized carbons (Fsp3) is 0. The molecule has 0 aliphatic heterocycles. The summed E-state index contributed by atoms with van der Waals surface area (Å²) >= 11 is 1.27. The fourth-order valence-corrected chi connectivity index (χ4v) is 2.40. The summed E-state index contributed by atoms with van der Waals surface area (Å²) in [5.41, 5.74) is 0.936. The van der Waals surface area contributed by atoms with Gasteiger partial charge in [-0.05, 0) is 36.0 Å². The van der Waals surface area contributed by atoms with Crippen molar-refractivity contribution < 1.29 is 9.90 Å². The highest BCUT2D eigenvalue weighted by Crippen LogP contribution is 2.25. The van der Waals surface area contributed by atoms with Crippen LogP contribution in [0.4, 0.5) is 0 Å². The van der Waals surface area contributed by atoms with Crippen LogP contribution in [0.1, 0.15) is 10.4 Å². The zero-order chi connectivity index (χ0) is 13.2. The van der Waals surface area contributed by atoms with E-state index in [2.05, 4.69) is 15.2 Å². The molecular weight excluding hydrogens is 264 g/mol. The standard InChI is InChI=1S/C12H8N4O2S/c17-11(18)8-4-5-13-10(7-8)19-12-15-14-9-3-1-2-6-16(9)12/h1-7H,(H,17,18).